The molecule has 1 saturated heterocycles. The number of Topliss-reactive ketones (excluding diaryl/α,β-unsaturated/α-hetero) is 2. The molecule has 2 atom stereocenters. The number of hydrogen-bond acceptors (Lipinski definition) is 3. The molecule has 1 N–H and O–H groups in total. The van der Waals surface area contributed by atoms with E-state index in [1.54, 1.807) is 0 Å². The van der Waals surface area contributed by atoms with Gasteiger partial charge in [0.2, 0.25) is 5.91 Å². The first-order chi connectivity index (χ1) is 6.07. The Bertz CT molecular complexity index is 260. The van der Waals surface area contributed by atoms with Crippen molar-refractivity contribution in [3.63, 3.8) is 0 Å². The van der Waals surface area contributed by atoms with E-state index < -0.39 is 17.9 Å². The molecule has 1 heterocycles. The number of carbonyl (C=O) groups excluding carboxylic acids is 3. The molecule has 0 aliphatic carbocycles. The van der Waals surface area contributed by atoms with Crippen LogP contribution in [0, 0.1) is 5.92 Å². The molecule has 4 heteroatoms. The van der Waals surface area contributed by atoms with Crippen molar-refractivity contribution in [1.82, 2.24) is 5.32 Å². The maximum atomic E-state index is 11.4. The van der Waals surface area contributed by atoms with Crippen molar-refractivity contribution in [1.29, 1.82) is 0 Å². The van der Waals surface area contributed by atoms with Gasteiger partial charge in [0.05, 0.1) is 6.04 Å². The van der Waals surface area contributed by atoms with Gasteiger partial charge in [-0.25, -0.2) is 0 Å². The van der Waals surface area contributed by atoms with Crippen molar-refractivity contribution >= 4 is 17.5 Å². The van der Waals surface area contributed by atoms with Gasteiger partial charge >= 0.3 is 0 Å². The third kappa shape index (κ3) is 1.76. The summed E-state index contributed by atoms with van der Waals surface area (Å²) in [6.07, 6.45) is 1.44. The lowest BCUT2D eigenvalue weighted by atomic mass is 9.97. The molecular formula is C9H13NO3. The first-order valence-electron chi connectivity index (χ1n) is 4.42. The normalized spacial score (nSPS) is 27.5. The summed E-state index contributed by atoms with van der Waals surface area (Å²) < 4.78 is 0. The summed E-state index contributed by atoms with van der Waals surface area (Å²) in [6.45, 7) is 3.21. The molecule has 1 amide bonds. The van der Waals surface area contributed by atoms with Crippen LogP contribution < -0.4 is 5.32 Å². The standard InChI is InChI=1S/C9H13NO3/c1-3-4-6-8(12)7(5(2)11)9(13)10-6/h6-7H,3-4H2,1-2H3,(H,10,13). The molecule has 1 aliphatic rings. The van der Waals surface area contributed by atoms with E-state index in [1.807, 2.05) is 6.92 Å². The first-order valence-corrected chi connectivity index (χ1v) is 4.42. The van der Waals surface area contributed by atoms with E-state index in [2.05, 4.69) is 5.32 Å². The van der Waals surface area contributed by atoms with Crippen LogP contribution in [-0.4, -0.2) is 23.5 Å². The Kier molecular flexibility index (Phi) is 2.80. The van der Waals surface area contributed by atoms with E-state index in [1.165, 1.54) is 6.92 Å². The van der Waals surface area contributed by atoms with Crippen molar-refractivity contribution in [2.45, 2.75) is 32.7 Å². The summed E-state index contributed by atoms with van der Waals surface area (Å²) in [5.41, 5.74) is 0. The van der Waals surface area contributed by atoms with Gasteiger partial charge in [0.25, 0.3) is 0 Å². The lowest BCUT2D eigenvalue weighted by Gasteiger charge is -2.04. The van der Waals surface area contributed by atoms with E-state index in [4.69, 9.17) is 0 Å². The van der Waals surface area contributed by atoms with Crippen LogP contribution in [0.15, 0.2) is 0 Å². The van der Waals surface area contributed by atoms with Crippen molar-refractivity contribution in [3.8, 4) is 0 Å². The largest absolute Gasteiger partial charge is 0.345 e. The second kappa shape index (κ2) is 3.68. The van der Waals surface area contributed by atoms with Gasteiger partial charge < -0.3 is 5.32 Å². The molecule has 2 unspecified atom stereocenters. The third-order valence-corrected chi connectivity index (χ3v) is 2.19. The number of rotatable bonds is 3. The summed E-state index contributed by atoms with van der Waals surface area (Å²) in [5.74, 6) is -2.10. The van der Waals surface area contributed by atoms with E-state index in [-0.39, 0.29) is 11.6 Å². The highest BCUT2D eigenvalue weighted by Crippen LogP contribution is 2.15. The summed E-state index contributed by atoms with van der Waals surface area (Å²) >= 11 is 0. The van der Waals surface area contributed by atoms with Gasteiger partial charge in [0.15, 0.2) is 11.7 Å². The van der Waals surface area contributed by atoms with Crippen LogP contribution in [0.4, 0.5) is 0 Å². The van der Waals surface area contributed by atoms with Gasteiger partial charge in [-0.05, 0) is 13.3 Å². The van der Waals surface area contributed by atoms with Gasteiger partial charge in [0.1, 0.15) is 5.78 Å². The van der Waals surface area contributed by atoms with Crippen LogP contribution >= 0.6 is 0 Å². The van der Waals surface area contributed by atoms with E-state index >= 15 is 0 Å². The Morgan fingerprint density at radius 3 is 2.46 bits per heavy atom. The average Bonchev–Trinajstić information content (AvgIpc) is 2.28. The zero-order chi connectivity index (χ0) is 10.0. The Balaban J connectivity index is 2.75. The van der Waals surface area contributed by atoms with Gasteiger partial charge in [0, 0.05) is 0 Å². The fraction of sp³-hybridized carbons (Fsp3) is 0.667. The Labute approximate surface area is 76.7 Å². The van der Waals surface area contributed by atoms with Gasteiger partial charge in [-0.3, -0.25) is 14.4 Å². The van der Waals surface area contributed by atoms with Crippen LogP contribution in [0.5, 0.6) is 0 Å². The number of amides is 1. The smallest absolute Gasteiger partial charge is 0.238 e. The van der Waals surface area contributed by atoms with E-state index in [0.29, 0.717) is 6.42 Å². The van der Waals surface area contributed by atoms with Gasteiger partial charge in [-0.15, -0.1) is 0 Å². The quantitative estimate of drug-likeness (QED) is 0.629. The lowest BCUT2D eigenvalue weighted by molar-refractivity contribution is -0.135. The fourth-order valence-electron chi connectivity index (χ4n) is 1.54. The molecule has 72 valence electrons. The monoisotopic (exact) mass is 183 g/mol. The molecule has 0 aromatic carbocycles. The number of carbonyl (C=O) groups is 3. The molecule has 1 aliphatic heterocycles. The molecule has 0 bridgehead atoms. The summed E-state index contributed by atoms with van der Waals surface area (Å²) in [5, 5.41) is 2.53. The summed E-state index contributed by atoms with van der Waals surface area (Å²) in [7, 11) is 0. The molecular weight excluding hydrogens is 170 g/mol. The molecule has 1 rings (SSSR count). The van der Waals surface area contributed by atoms with Crippen LogP contribution in [-0.2, 0) is 14.4 Å². The minimum atomic E-state index is -1.04. The SMILES string of the molecule is CCCC1NC(=O)C(C(C)=O)C1=O. The van der Waals surface area contributed by atoms with E-state index in [0.717, 1.165) is 6.42 Å². The first kappa shape index (κ1) is 9.89. The van der Waals surface area contributed by atoms with E-state index in [9.17, 15) is 14.4 Å². The molecule has 0 aromatic heterocycles. The maximum Gasteiger partial charge on any atom is 0.238 e. The maximum absolute atomic E-state index is 11.4. The predicted molar refractivity (Wildman–Crippen MR) is 46.0 cm³/mol. The second-order valence-corrected chi connectivity index (χ2v) is 3.30. The topological polar surface area (TPSA) is 63.2 Å². The van der Waals surface area contributed by atoms with Gasteiger partial charge in [-0.2, -0.15) is 0 Å². The zero-order valence-electron chi connectivity index (χ0n) is 7.79. The van der Waals surface area contributed by atoms with Gasteiger partial charge in [-0.1, -0.05) is 13.3 Å². The van der Waals surface area contributed by atoms with Crippen LogP contribution in [0.3, 0.4) is 0 Å². The molecule has 4 nitrogen and oxygen atoms in total. The Morgan fingerprint density at radius 2 is 2.08 bits per heavy atom. The molecule has 0 spiro atoms. The second-order valence-electron chi connectivity index (χ2n) is 3.30. The number of hydrogen-bond donors (Lipinski definition) is 1. The average molecular weight is 183 g/mol. The fourth-order valence-corrected chi connectivity index (χ4v) is 1.54. The number of nitrogens with one attached hydrogen (secondary N) is 1. The summed E-state index contributed by atoms with van der Waals surface area (Å²) in [6, 6.07) is -0.439. The zero-order valence-corrected chi connectivity index (χ0v) is 7.79. The van der Waals surface area contributed by atoms with Crippen molar-refractivity contribution in [2.24, 2.45) is 5.92 Å². The molecule has 0 aromatic rings. The molecule has 1 fully saturated rings. The third-order valence-electron chi connectivity index (χ3n) is 2.19. The minimum absolute atomic E-state index is 0.264. The number of ketones is 2. The molecule has 13 heavy (non-hydrogen) atoms. The highest BCUT2D eigenvalue weighted by Gasteiger charge is 2.42. The Hall–Kier alpha value is -1.19. The van der Waals surface area contributed by atoms with Crippen LogP contribution in [0.1, 0.15) is 26.7 Å². The van der Waals surface area contributed by atoms with Crippen molar-refractivity contribution in [3.05, 3.63) is 0 Å². The van der Waals surface area contributed by atoms with Crippen LogP contribution in [0.2, 0.25) is 0 Å². The predicted octanol–water partition coefficient (Wildman–Crippen LogP) is 0.0592. The Morgan fingerprint density at radius 1 is 1.46 bits per heavy atom. The molecule has 0 saturated carbocycles. The minimum Gasteiger partial charge on any atom is -0.345 e. The molecule has 0 radical (unpaired) electrons. The van der Waals surface area contributed by atoms with Crippen molar-refractivity contribution in [2.75, 3.05) is 0 Å². The highest BCUT2D eigenvalue weighted by molar-refractivity contribution is 6.23. The summed E-state index contributed by atoms with van der Waals surface area (Å²) in [4.78, 5) is 33.5. The van der Waals surface area contributed by atoms with Crippen LogP contribution in [0.25, 0.3) is 0 Å². The highest BCUT2D eigenvalue weighted by atomic mass is 16.2. The van der Waals surface area contributed by atoms with Crippen molar-refractivity contribution < 1.29 is 14.4 Å². The lowest BCUT2D eigenvalue weighted by Crippen LogP contribution is -2.28.